The fourth-order valence-electron chi connectivity index (χ4n) is 0. The third-order valence-electron chi connectivity index (χ3n) is 0. The molecule has 0 amide bonds. The van der Waals surface area contributed by atoms with Crippen molar-refractivity contribution >= 4 is 0 Å². The van der Waals surface area contributed by atoms with Gasteiger partial charge < -0.3 is 60.2 Å². The molecule has 0 aromatic heterocycles. The average Bonchev–Trinajstić information content (AvgIpc) is 0. The average molecular weight is 756 g/mol. The molecule has 0 saturated heterocycles. The Bertz CT molecular complexity index is 16.5. The van der Waals surface area contributed by atoms with Crippen LogP contribution in [0, 0.1) is 0 Å². The predicted octanol–water partition coefficient (Wildman–Crippen LogP) is -1.32. The Balaban J connectivity index is 0. The Kier molecular flexibility index (Phi) is 51200. The molecule has 0 atom stereocenters. The van der Waals surface area contributed by atoms with Crippen LogP contribution in [-0.2, 0) is 141 Å². The molecule has 0 bridgehead atoms. The van der Waals surface area contributed by atoms with Crippen LogP contribution in [-0.4, -0.2) is 0 Å². The van der Waals surface area contributed by atoms with Gasteiger partial charge in [-0.1, -0.05) is 0 Å². The maximum atomic E-state index is 0. The van der Waals surface area contributed by atoms with Gasteiger partial charge in [-0.2, -0.15) is 0 Å². The third-order valence-corrected chi connectivity index (χ3v) is 0. The molecule has 0 spiro atoms. The van der Waals surface area contributed by atoms with E-state index in [1.54, 1.807) is 0 Å². The zero-order valence-electron chi connectivity index (χ0n) is 5.91. The van der Waals surface area contributed by atoms with E-state index in [2.05, 4.69) is 0 Å². The fourth-order valence-corrected chi connectivity index (χ4v) is 0. The number of hydrogen-bond acceptors (Lipinski definition) is 0. The summed E-state index contributed by atoms with van der Waals surface area (Å²) < 4.78 is 0. The van der Waals surface area contributed by atoms with Crippen molar-refractivity contribution in [2.24, 2.45) is 0 Å². The van der Waals surface area contributed by atoms with Gasteiger partial charge in [0, 0.05) is 40.2 Å². The monoisotopic (exact) mass is 756 g/mol. The van der Waals surface area contributed by atoms with Crippen LogP contribution >= 0.6 is 0 Å². The summed E-state index contributed by atoms with van der Waals surface area (Å²) in [4.78, 5) is 0. The second kappa shape index (κ2) is 798. The van der Waals surface area contributed by atoms with E-state index in [4.69, 9.17) is 0 Å². The molecule has 106 valence electrons. The van der Waals surface area contributed by atoms with E-state index in [9.17, 15) is 0 Å². The van der Waals surface area contributed by atoms with Gasteiger partial charge in [0.2, 0.25) is 0 Å². The molecule has 0 unspecified atom stereocenters. The smallest absolute Gasteiger partial charge is 2.00 e. The molecule has 0 fully saturated rings. The van der Waals surface area contributed by atoms with Gasteiger partial charge in [-0.25, -0.2) is 0 Å². The fraction of sp³-hybridized carbons (Fsp3) is 0. The summed E-state index contributed by atoms with van der Waals surface area (Å²) in [6.07, 6.45) is 0. The maximum Gasteiger partial charge on any atom is 7.00 e. The Labute approximate surface area is 140 Å². The molecule has 0 N–H and O–H groups in total. The molecule has 0 aliphatic rings. The van der Waals surface area contributed by atoms with Gasteiger partial charge in [-0.05, 0) is 0 Å². The first kappa shape index (κ1) is 962. The zero-order chi connectivity index (χ0) is 0. The normalized spacial score (nSPS) is 0. The SMILES string of the molecule is [Ir].[Ir].[O-2].[O-2].[O-2].[O-2].[O-2].[O-2].[O-2].[O-2].[O-2].[O-2].[O-2].[Tc+7].[Tc+7]. The molecular formula is Ir2O11Tc2-8. The number of rotatable bonds is 0. The van der Waals surface area contributed by atoms with Gasteiger partial charge in [0.1, 0.15) is 0 Å². The molecule has 15 heavy (non-hydrogen) atoms. The predicted molar refractivity (Wildman–Crippen MR) is 7.55 cm³/mol. The summed E-state index contributed by atoms with van der Waals surface area (Å²) >= 11 is 0. The van der Waals surface area contributed by atoms with Crippen molar-refractivity contribution < 1.29 is 141 Å². The van der Waals surface area contributed by atoms with Crippen molar-refractivity contribution in [2.75, 3.05) is 0 Å². The van der Waals surface area contributed by atoms with Crippen LogP contribution in [0.1, 0.15) is 0 Å². The second-order valence-corrected chi connectivity index (χ2v) is 0. The largest absolute Gasteiger partial charge is 7.00 e. The van der Waals surface area contributed by atoms with Crippen molar-refractivity contribution in [2.45, 2.75) is 0 Å². The minimum absolute atomic E-state index is 0. The van der Waals surface area contributed by atoms with Gasteiger partial charge in [0.05, 0.1) is 0 Å². The van der Waals surface area contributed by atoms with E-state index >= 15 is 0 Å². The molecular weight excluding hydrogens is 756 g/mol. The molecule has 0 aromatic rings. The van der Waals surface area contributed by atoms with Crippen molar-refractivity contribution in [3.63, 3.8) is 0 Å². The molecule has 0 rings (SSSR count). The summed E-state index contributed by atoms with van der Waals surface area (Å²) in [5.41, 5.74) is 0. The van der Waals surface area contributed by atoms with Crippen molar-refractivity contribution in [1.82, 2.24) is 0 Å². The van der Waals surface area contributed by atoms with Crippen LogP contribution in [0.5, 0.6) is 0 Å². The minimum atomic E-state index is 0. The van der Waals surface area contributed by atoms with Crippen LogP contribution in [0.25, 0.3) is 0 Å². The third kappa shape index (κ3) is 696. The summed E-state index contributed by atoms with van der Waals surface area (Å²) in [7, 11) is 0. The van der Waals surface area contributed by atoms with Gasteiger partial charge in [0.25, 0.3) is 0 Å². The zero-order valence-corrected chi connectivity index (χ0v) is 14.4. The second-order valence-electron chi connectivity index (χ2n) is 0. The number of hydrogen-bond donors (Lipinski definition) is 0. The molecule has 0 saturated carbocycles. The topological polar surface area (TPSA) is 314 Å². The molecule has 0 heterocycles. The molecule has 0 aliphatic carbocycles. The Hall–Kier alpha value is 2.16. The van der Waals surface area contributed by atoms with E-state index in [0.717, 1.165) is 0 Å². The van der Waals surface area contributed by atoms with Crippen molar-refractivity contribution in [1.29, 1.82) is 0 Å². The van der Waals surface area contributed by atoms with Gasteiger partial charge in [-0.3, -0.25) is 0 Å². The van der Waals surface area contributed by atoms with Crippen molar-refractivity contribution in [3.05, 3.63) is 0 Å². The Morgan fingerprint density at radius 2 is 0.200 bits per heavy atom. The Morgan fingerprint density at radius 3 is 0.200 bits per heavy atom. The first-order valence-electron chi connectivity index (χ1n) is 0. The van der Waals surface area contributed by atoms with Crippen molar-refractivity contribution in [3.8, 4) is 0 Å². The molecule has 11 nitrogen and oxygen atoms in total. The summed E-state index contributed by atoms with van der Waals surface area (Å²) in [6.45, 7) is 0. The quantitative estimate of drug-likeness (QED) is 0.278. The maximum absolute atomic E-state index is 0. The summed E-state index contributed by atoms with van der Waals surface area (Å²) in [6, 6.07) is 0. The minimum Gasteiger partial charge on any atom is -2.00 e. The first-order chi connectivity index (χ1) is 0. The van der Waals surface area contributed by atoms with Crippen LogP contribution in [0.15, 0.2) is 0 Å². The van der Waals surface area contributed by atoms with E-state index in [1.165, 1.54) is 0 Å². The van der Waals surface area contributed by atoms with Gasteiger partial charge >= 0.3 is 40.2 Å². The summed E-state index contributed by atoms with van der Waals surface area (Å²) in [5, 5.41) is 0. The van der Waals surface area contributed by atoms with Crippen LogP contribution in [0.3, 0.4) is 0 Å². The first-order valence-corrected chi connectivity index (χ1v) is 0. The van der Waals surface area contributed by atoms with Crippen LogP contribution in [0.4, 0.5) is 0 Å². The molecule has 2 radical (unpaired) electrons. The molecule has 15 heteroatoms. The van der Waals surface area contributed by atoms with Gasteiger partial charge in [0.15, 0.2) is 0 Å². The van der Waals surface area contributed by atoms with Crippen LogP contribution < -0.4 is 0 Å². The standard InChI is InChI=1S/2Ir.11O.2Tc/q;;11*-2;2*+7. The van der Waals surface area contributed by atoms with E-state index < -0.39 is 0 Å². The van der Waals surface area contributed by atoms with E-state index in [-0.39, 0.29) is 141 Å². The molecule has 0 aliphatic heterocycles. The summed E-state index contributed by atoms with van der Waals surface area (Å²) in [5.74, 6) is 0. The van der Waals surface area contributed by atoms with Gasteiger partial charge in [-0.15, -0.1) is 0 Å². The Morgan fingerprint density at radius 1 is 0.200 bits per heavy atom. The van der Waals surface area contributed by atoms with E-state index in [1.807, 2.05) is 0 Å². The van der Waals surface area contributed by atoms with Crippen LogP contribution in [0.2, 0.25) is 0 Å². The van der Waals surface area contributed by atoms with E-state index in [0.29, 0.717) is 0 Å². The molecule has 0 aromatic carbocycles.